The number of morpholine rings is 1. The second kappa shape index (κ2) is 6.42. The Morgan fingerprint density at radius 3 is 2.79 bits per heavy atom. The first kappa shape index (κ1) is 18.4. The average molecular weight is 414 g/mol. The molecule has 0 unspecified atom stereocenters. The van der Waals surface area contributed by atoms with E-state index in [4.69, 9.17) is 4.74 Å². The fourth-order valence-corrected chi connectivity index (χ4v) is 5.32. The van der Waals surface area contributed by atoms with Crippen molar-refractivity contribution < 1.29 is 4.74 Å². The third-order valence-electron chi connectivity index (χ3n) is 6.17. The lowest BCUT2D eigenvalue weighted by Gasteiger charge is -2.37. The number of ether oxygens (including phenoxy) is 1. The summed E-state index contributed by atoms with van der Waals surface area (Å²) in [6.45, 7) is 8.86. The van der Waals surface area contributed by atoms with Crippen LogP contribution >= 0.6 is 11.5 Å². The maximum absolute atomic E-state index is 13.0. The molecule has 2 bridgehead atoms. The molecule has 0 spiro atoms. The Morgan fingerprint density at radius 2 is 2.17 bits per heavy atom. The summed E-state index contributed by atoms with van der Waals surface area (Å²) in [5, 5.41) is 4.96. The fourth-order valence-electron chi connectivity index (χ4n) is 4.60. The molecule has 152 valence electrons. The van der Waals surface area contributed by atoms with Crippen LogP contribution in [-0.4, -0.2) is 51.9 Å². The molecule has 29 heavy (non-hydrogen) atoms. The van der Waals surface area contributed by atoms with Crippen molar-refractivity contribution in [2.45, 2.75) is 52.0 Å². The van der Waals surface area contributed by atoms with Crippen LogP contribution in [0, 0.1) is 19.8 Å². The average Bonchev–Trinajstić information content (AvgIpc) is 3.48. The van der Waals surface area contributed by atoms with E-state index in [9.17, 15) is 4.79 Å². The zero-order chi connectivity index (χ0) is 20.3. The maximum Gasteiger partial charge on any atom is 0.351 e. The molecular weight excluding hydrogens is 392 g/mol. The first-order valence-electron chi connectivity index (χ1n) is 9.63. The molecule has 5 rings (SSSR count). The summed E-state index contributed by atoms with van der Waals surface area (Å²) in [5.74, 6) is 1.47. The van der Waals surface area contributed by atoms with E-state index in [1.807, 2.05) is 13.8 Å². The molecule has 0 radical (unpaired) electrons. The lowest BCUT2D eigenvalue weighted by atomic mass is 9.88. The van der Waals surface area contributed by atoms with Gasteiger partial charge in [-0.1, -0.05) is 13.8 Å². The molecule has 0 amide bonds. The first-order chi connectivity index (χ1) is 13.9. The van der Waals surface area contributed by atoms with E-state index in [-0.39, 0.29) is 23.3 Å². The molecule has 0 aromatic carbocycles. The Balaban J connectivity index is 1.58. The summed E-state index contributed by atoms with van der Waals surface area (Å²) in [7, 11) is 0. The second-order valence-electron chi connectivity index (χ2n) is 7.74. The minimum atomic E-state index is -0.439. The number of fused-ring (bicyclic) bond motifs is 2. The Hall–Kier alpha value is -2.66. The number of hydrogen-bond acceptors (Lipinski definition) is 9. The molecule has 11 heteroatoms. The van der Waals surface area contributed by atoms with Crippen molar-refractivity contribution in [3.63, 3.8) is 0 Å². The van der Waals surface area contributed by atoms with Gasteiger partial charge in [0.1, 0.15) is 18.5 Å². The quantitative estimate of drug-likeness (QED) is 0.633. The minimum Gasteiger partial charge on any atom is -0.347 e. The number of nitrogens with zero attached hydrogens (tertiary/aromatic N) is 8. The molecule has 4 atom stereocenters. The number of hydrogen-bond donors (Lipinski definition) is 0. The molecule has 2 aliphatic heterocycles. The van der Waals surface area contributed by atoms with Crippen molar-refractivity contribution in [3.05, 3.63) is 40.7 Å². The van der Waals surface area contributed by atoms with Crippen LogP contribution in [0.1, 0.15) is 37.9 Å². The number of aromatic nitrogens is 7. The minimum absolute atomic E-state index is 0.0154. The normalized spacial score (nSPS) is 28.4. The molecule has 2 fully saturated rings. The van der Waals surface area contributed by atoms with Crippen molar-refractivity contribution in [3.8, 4) is 5.82 Å². The topological polar surface area (TPSA) is 104 Å². The predicted molar refractivity (Wildman–Crippen MR) is 106 cm³/mol. The van der Waals surface area contributed by atoms with Crippen LogP contribution in [0.3, 0.4) is 0 Å². The van der Waals surface area contributed by atoms with Crippen LogP contribution in [0.2, 0.25) is 0 Å². The van der Waals surface area contributed by atoms with E-state index in [2.05, 4.69) is 43.2 Å². The first-order valence-corrected chi connectivity index (χ1v) is 10.4. The molecular formula is C18H22N8O2S. The lowest BCUT2D eigenvalue weighted by Crippen LogP contribution is -2.48. The Kier molecular flexibility index (Phi) is 4.07. The smallest absolute Gasteiger partial charge is 0.347 e. The molecule has 5 heterocycles. The zero-order valence-electron chi connectivity index (χ0n) is 16.7. The van der Waals surface area contributed by atoms with Crippen LogP contribution in [0.25, 0.3) is 5.82 Å². The van der Waals surface area contributed by atoms with Crippen molar-refractivity contribution in [1.82, 2.24) is 33.7 Å². The Labute approximate surface area is 171 Å². The van der Waals surface area contributed by atoms with Crippen LogP contribution < -0.4 is 10.6 Å². The largest absolute Gasteiger partial charge is 0.351 e. The second-order valence-corrected chi connectivity index (χ2v) is 8.47. The van der Waals surface area contributed by atoms with Crippen molar-refractivity contribution in [2.75, 3.05) is 11.4 Å². The molecule has 0 saturated carbocycles. The van der Waals surface area contributed by atoms with Crippen molar-refractivity contribution in [2.24, 2.45) is 5.92 Å². The van der Waals surface area contributed by atoms with Gasteiger partial charge in [0.25, 0.3) is 0 Å². The van der Waals surface area contributed by atoms with E-state index in [1.54, 1.807) is 10.8 Å². The maximum atomic E-state index is 13.0. The van der Waals surface area contributed by atoms with E-state index in [1.165, 1.54) is 28.9 Å². The SMILES string of the molecule is CC[C@@]12CN(c3nc(C)ns3)[C@@H]([C@H](n3cc(C)c(-n4cncn4)nc3=O)O1)[C@@H]2C. The van der Waals surface area contributed by atoms with Gasteiger partial charge in [-0.15, -0.1) is 0 Å². The van der Waals surface area contributed by atoms with Crippen LogP contribution in [0.15, 0.2) is 23.6 Å². The highest BCUT2D eigenvalue weighted by Gasteiger charge is 2.62. The molecule has 0 N–H and O–H groups in total. The van der Waals surface area contributed by atoms with Gasteiger partial charge in [0, 0.05) is 29.2 Å². The van der Waals surface area contributed by atoms with Gasteiger partial charge in [0.15, 0.2) is 12.0 Å². The van der Waals surface area contributed by atoms with Crippen molar-refractivity contribution >= 4 is 16.7 Å². The van der Waals surface area contributed by atoms with Crippen LogP contribution in [0.5, 0.6) is 0 Å². The molecule has 0 aliphatic carbocycles. The molecule has 3 aromatic heterocycles. The van der Waals surface area contributed by atoms with Crippen LogP contribution in [-0.2, 0) is 4.74 Å². The van der Waals surface area contributed by atoms with Gasteiger partial charge >= 0.3 is 5.69 Å². The number of anilines is 1. The molecule has 10 nitrogen and oxygen atoms in total. The summed E-state index contributed by atoms with van der Waals surface area (Å²) in [4.78, 5) is 28.0. The highest BCUT2D eigenvalue weighted by molar-refractivity contribution is 7.09. The molecule has 3 aromatic rings. The summed E-state index contributed by atoms with van der Waals surface area (Å²) >= 11 is 1.39. The third kappa shape index (κ3) is 2.64. The summed E-state index contributed by atoms with van der Waals surface area (Å²) in [6, 6.07) is -0.0154. The van der Waals surface area contributed by atoms with Gasteiger partial charge in [0.05, 0.1) is 18.2 Å². The fraction of sp³-hybridized carbons (Fsp3) is 0.556. The zero-order valence-corrected chi connectivity index (χ0v) is 17.5. The van der Waals surface area contributed by atoms with Gasteiger partial charge < -0.3 is 9.64 Å². The van der Waals surface area contributed by atoms with E-state index >= 15 is 0 Å². The van der Waals surface area contributed by atoms with Crippen LogP contribution in [0.4, 0.5) is 5.13 Å². The molecule has 2 aliphatic rings. The third-order valence-corrected chi connectivity index (χ3v) is 7.01. The van der Waals surface area contributed by atoms with E-state index in [0.717, 1.165) is 29.5 Å². The van der Waals surface area contributed by atoms with Gasteiger partial charge in [-0.25, -0.2) is 19.4 Å². The summed E-state index contributed by atoms with van der Waals surface area (Å²) in [5.41, 5.74) is 0.121. The Morgan fingerprint density at radius 1 is 1.34 bits per heavy atom. The highest BCUT2D eigenvalue weighted by atomic mass is 32.1. The Bertz CT molecular complexity index is 1110. The highest BCUT2D eigenvalue weighted by Crippen LogP contribution is 2.53. The van der Waals surface area contributed by atoms with E-state index < -0.39 is 6.23 Å². The number of rotatable bonds is 4. The standard InChI is InChI=1S/C18H22N8O2S/c1-5-18-7-25(17-21-12(4)23-29-17)13(11(18)3)15(28-18)24-6-10(2)14(22-16(24)27)26-9-19-8-20-26/h6,8-9,11,13,15H,5,7H2,1-4H3/t11-,13+,15+,18-/m0/s1. The summed E-state index contributed by atoms with van der Waals surface area (Å²) in [6.07, 6.45) is 5.16. The number of aryl methyl sites for hydroxylation is 2. The van der Waals surface area contributed by atoms with Gasteiger partial charge in [-0.2, -0.15) is 14.5 Å². The lowest BCUT2D eigenvalue weighted by molar-refractivity contribution is -0.0949. The predicted octanol–water partition coefficient (Wildman–Crippen LogP) is 1.49. The van der Waals surface area contributed by atoms with Gasteiger partial charge in [-0.05, 0) is 20.3 Å². The van der Waals surface area contributed by atoms with Gasteiger partial charge in [0.2, 0.25) is 5.13 Å². The van der Waals surface area contributed by atoms with E-state index in [0.29, 0.717) is 5.82 Å². The van der Waals surface area contributed by atoms with Crippen molar-refractivity contribution in [1.29, 1.82) is 0 Å². The monoisotopic (exact) mass is 414 g/mol. The molecule has 2 saturated heterocycles. The summed E-state index contributed by atoms with van der Waals surface area (Å²) < 4.78 is 14.0. The van der Waals surface area contributed by atoms with Gasteiger partial charge in [-0.3, -0.25) is 4.57 Å².